The zero-order valence-corrected chi connectivity index (χ0v) is 16.7. The minimum atomic E-state index is -3.74. The Balaban J connectivity index is 1.59. The summed E-state index contributed by atoms with van der Waals surface area (Å²) >= 11 is 1.51. The average molecular weight is 418 g/mol. The van der Waals surface area contributed by atoms with Crippen molar-refractivity contribution in [2.45, 2.75) is 24.5 Å². The van der Waals surface area contributed by atoms with Crippen molar-refractivity contribution in [3.05, 3.63) is 76.2 Å². The highest BCUT2D eigenvalue weighted by molar-refractivity contribution is 7.89. The van der Waals surface area contributed by atoms with E-state index in [-0.39, 0.29) is 16.8 Å². The Morgan fingerprint density at radius 3 is 2.43 bits per heavy atom. The van der Waals surface area contributed by atoms with Crippen molar-refractivity contribution in [3.63, 3.8) is 0 Å². The molecule has 1 amide bonds. The predicted octanol–water partition coefficient (Wildman–Crippen LogP) is 2.86. The second-order valence-electron chi connectivity index (χ2n) is 6.10. The highest BCUT2D eigenvalue weighted by atomic mass is 32.2. The zero-order valence-electron chi connectivity index (χ0n) is 15.0. The molecule has 7 nitrogen and oxygen atoms in total. The summed E-state index contributed by atoms with van der Waals surface area (Å²) in [7, 11) is -3.74. The first-order valence-electron chi connectivity index (χ1n) is 8.36. The number of carbonyl (C=O) groups is 1. The zero-order chi connectivity index (χ0) is 20.1. The van der Waals surface area contributed by atoms with E-state index < -0.39 is 10.0 Å². The summed E-state index contributed by atoms with van der Waals surface area (Å²) in [4.78, 5) is 16.6. The number of rotatable bonds is 7. The van der Waals surface area contributed by atoms with E-state index in [1.807, 2.05) is 12.3 Å². The molecule has 9 heteroatoms. The van der Waals surface area contributed by atoms with Crippen molar-refractivity contribution in [2.75, 3.05) is 0 Å². The van der Waals surface area contributed by atoms with Crippen LogP contribution in [0.25, 0.3) is 0 Å². The van der Waals surface area contributed by atoms with Crippen LogP contribution in [0, 0.1) is 0 Å². The summed E-state index contributed by atoms with van der Waals surface area (Å²) in [5, 5.41) is 9.88. The second kappa shape index (κ2) is 8.51. The van der Waals surface area contributed by atoms with Gasteiger partial charge in [-0.2, -0.15) is 0 Å². The van der Waals surface area contributed by atoms with Gasteiger partial charge in [0.2, 0.25) is 10.0 Å². The standard InChI is InChI=1S/C19H19N3O4S2/c1-13(14-4-8-18(9-5-14)28(20,24)25)22-19(23)15-2-6-17(7-3-15)26-10-16-11-27-12-21-16/h2-9,11-13H,10H2,1H3,(H,22,23)(H2,20,24,25)/t13-/m0/s1. The minimum Gasteiger partial charge on any atom is -0.487 e. The Morgan fingerprint density at radius 1 is 1.18 bits per heavy atom. The number of sulfonamides is 1. The molecule has 0 radical (unpaired) electrons. The van der Waals surface area contributed by atoms with Crippen LogP contribution in [0.5, 0.6) is 5.75 Å². The van der Waals surface area contributed by atoms with Crippen LogP contribution in [0.4, 0.5) is 0 Å². The molecule has 2 aromatic carbocycles. The van der Waals surface area contributed by atoms with E-state index in [0.29, 0.717) is 17.9 Å². The molecule has 146 valence electrons. The number of nitrogens with zero attached hydrogens (tertiary/aromatic N) is 1. The summed E-state index contributed by atoms with van der Waals surface area (Å²) in [6, 6.07) is 12.6. The molecule has 0 aliphatic carbocycles. The molecule has 1 heterocycles. The van der Waals surface area contributed by atoms with Gasteiger partial charge < -0.3 is 10.1 Å². The van der Waals surface area contributed by atoms with Crippen molar-refractivity contribution < 1.29 is 17.9 Å². The molecule has 28 heavy (non-hydrogen) atoms. The highest BCUT2D eigenvalue weighted by Gasteiger charge is 2.13. The molecular formula is C19H19N3O4S2. The van der Waals surface area contributed by atoms with Gasteiger partial charge in [0, 0.05) is 10.9 Å². The molecule has 3 N–H and O–H groups in total. The van der Waals surface area contributed by atoms with Crippen molar-refractivity contribution in [3.8, 4) is 5.75 Å². The maximum Gasteiger partial charge on any atom is 0.251 e. The maximum absolute atomic E-state index is 12.4. The first-order chi connectivity index (χ1) is 13.3. The third-order valence-corrected chi connectivity index (χ3v) is 5.61. The van der Waals surface area contributed by atoms with E-state index >= 15 is 0 Å². The Hall–Kier alpha value is -2.75. The van der Waals surface area contributed by atoms with Crippen LogP contribution >= 0.6 is 11.3 Å². The molecule has 0 unspecified atom stereocenters. The van der Waals surface area contributed by atoms with Gasteiger partial charge >= 0.3 is 0 Å². The molecule has 3 rings (SSSR count). The average Bonchev–Trinajstić information content (AvgIpc) is 3.20. The fraction of sp³-hybridized carbons (Fsp3) is 0.158. The van der Waals surface area contributed by atoms with Crippen molar-refractivity contribution in [1.29, 1.82) is 0 Å². The minimum absolute atomic E-state index is 0.0306. The van der Waals surface area contributed by atoms with Gasteiger partial charge in [-0.1, -0.05) is 12.1 Å². The van der Waals surface area contributed by atoms with Gasteiger partial charge in [-0.25, -0.2) is 18.5 Å². The molecule has 0 aliphatic rings. The number of benzene rings is 2. The van der Waals surface area contributed by atoms with Gasteiger partial charge in [0.1, 0.15) is 12.4 Å². The summed E-state index contributed by atoms with van der Waals surface area (Å²) in [6.45, 7) is 2.19. The van der Waals surface area contributed by atoms with Crippen LogP contribution < -0.4 is 15.2 Å². The molecule has 0 saturated heterocycles. The van der Waals surface area contributed by atoms with Crippen LogP contribution in [0.2, 0.25) is 0 Å². The predicted molar refractivity (Wildman–Crippen MR) is 107 cm³/mol. The molecule has 1 aromatic heterocycles. The van der Waals surface area contributed by atoms with Crippen LogP contribution in [0.3, 0.4) is 0 Å². The Morgan fingerprint density at radius 2 is 1.86 bits per heavy atom. The Kier molecular flexibility index (Phi) is 6.08. The number of nitrogens with two attached hydrogens (primary N) is 1. The highest BCUT2D eigenvalue weighted by Crippen LogP contribution is 2.18. The largest absolute Gasteiger partial charge is 0.487 e. The van der Waals surface area contributed by atoms with Crippen molar-refractivity contribution in [1.82, 2.24) is 10.3 Å². The second-order valence-corrected chi connectivity index (χ2v) is 8.38. The Bertz CT molecular complexity index is 1030. The molecule has 0 spiro atoms. The quantitative estimate of drug-likeness (QED) is 0.614. The van der Waals surface area contributed by atoms with Crippen LogP contribution in [0.1, 0.15) is 34.6 Å². The van der Waals surface area contributed by atoms with E-state index in [1.54, 1.807) is 41.9 Å². The first kappa shape index (κ1) is 20.0. The molecule has 0 bridgehead atoms. The van der Waals surface area contributed by atoms with E-state index in [4.69, 9.17) is 9.88 Å². The van der Waals surface area contributed by atoms with E-state index in [0.717, 1.165) is 11.3 Å². The number of carbonyl (C=O) groups excluding carboxylic acids is 1. The lowest BCUT2D eigenvalue weighted by atomic mass is 10.1. The maximum atomic E-state index is 12.4. The third-order valence-electron chi connectivity index (χ3n) is 4.04. The number of hydrogen-bond acceptors (Lipinski definition) is 6. The van der Waals surface area contributed by atoms with Gasteiger partial charge in [0.25, 0.3) is 5.91 Å². The number of nitrogens with one attached hydrogen (secondary N) is 1. The van der Waals surface area contributed by atoms with Crippen LogP contribution in [0.15, 0.2) is 64.3 Å². The fourth-order valence-electron chi connectivity index (χ4n) is 2.48. The number of ether oxygens (including phenoxy) is 1. The first-order valence-corrected chi connectivity index (χ1v) is 10.9. The van der Waals surface area contributed by atoms with E-state index in [2.05, 4.69) is 10.3 Å². The smallest absolute Gasteiger partial charge is 0.251 e. The number of hydrogen-bond donors (Lipinski definition) is 2. The topological polar surface area (TPSA) is 111 Å². The monoisotopic (exact) mass is 417 g/mol. The molecule has 3 aromatic rings. The van der Waals surface area contributed by atoms with Crippen LogP contribution in [-0.4, -0.2) is 19.3 Å². The summed E-state index contributed by atoms with van der Waals surface area (Å²) in [5.41, 5.74) is 3.86. The van der Waals surface area contributed by atoms with Crippen molar-refractivity contribution in [2.24, 2.45) is 5.14 Å². The summed E-state index contributed by atoms with van der Waals surface area (Å²) in [6.07, 6.45) is 0. The van der Waals surface area contributed by atoms with Gasteiger partial charge in [-0.05, 0) is 48.9 Å². The molecule has 0 aliphatic heterocycles. The van der Waals surface area contributed by atoms with Gasteiger partial charge in [0.15, 0.2) is 0 Å². The number of aromatic nitrogens is 1. The lowest BCUT2D eigenvalue weighted by Gasteiger charge is -2.15. The van der Waals surface area contributed by atoms with E-state index in [1.165, 1.54) is 23.5 Å². The number of amides is 1. The van der Waals surface area contributed by atoms with Gasteiger partial charge in [-0.15, -0.1) is 11.3 Å². The fourth-order valence-corrected chi connectivity index (χ4v) is 3.54. The van der Waals surface area contributed by atoms with Crippen LogP contribution in [-0.2, 0) is 16.6 Å². The molecule has 0 saturated carbocycles. The lowest BCUT2D eigenvalue weighted by Crippen LogP contribution is -2.26. The molecule has 1 atom stereocenters. The van der Waals surface area contributed by atoms with Crippen molar-refractivity contribution >= 4 is 27.3 Å². The molecular weight excluding hydrogens is 398 g/mol. The normalized spacial score (nSPS) is 12.4. The summed E-state index contributed by atoms with van der Waals surface area (Å²) in [5.74, 6) is 0.408. The SMILES string of the molecule is C[C@H](NC(=O)c1ccc(OCc2cscn2)cc1)c1ccc(S(N)(=O)=O)cc1. The third kappa shape index (κ3) is 5.16. The Labute approximate surface area is 167 Å². The van der Waals surface area contributed by atoms with Gasteiger partial charge in [0.05, 0.1) is 22.1 Å². The number of primary sulfonamides is 1. The summed E-state index contributed by atoms with van der Waals surface area (Å²) < 4.78 is 28.3. The lowest BCUT2D eigenvalue weighted by molar-refractivity contribution is 0.0940. The van der Waals surface area contributed by atoms with Gasteiger partial charge in [-0.3, -0.25) is 4.79 Å². The van der Waals surface area contributed by atoms with E-state index in [9.17, 15) is 13.2 Å². The number of thiazole rings is 1. The molecule has 0 fully saturated rings.